The van der Waals surface area contributed by atoms with E-state index in [0.717, 1.165) is 0 Å². The van der Waals surface area contributed by atoms with Gasteiger partial charge in [-0.1, -0.05) is 5.11 Å². The number of nitrogens with zero attached hydrogens (tertiary/aromatic N) is 3. The summed E-state index contributed by atoms with van der Waals surface area (Å²) >= 11 is 0. The number of esters is 1. The Bertz CT molecular complexity index is 485. The molecule has 0 atom stereocenters. The molecular weight excluding hydrogens is 222 g/mol. The summed E-state index contributed by atoms with van der Waals surface area (Å²) in [6.45, 7) is 5.25. The minimum Gasteiger partial charge on any atom is -0.507 e. The quantitative estimate of drug-likeness (QED) is 0.368. The molecule has 1 rings (SSSR count). The molecular formula is C11H13N3O3. The Kier molecular flexibility index (Phi) is 3.60. The molecule has 17 heavy (non-hydrogen) atoms. The summed E-state index contributed by atoms with van der Waals surface area (Å²) in [7, 11) is 0. The first kappa shape index (κ1) is 12.9. The SMILES string of the molecule is CC(C)(C)OC(=O)c1ccc(N=[N+]=[N-])c(O)c1. The van der Waals surface area contributed by atoms with Crippen LogP contribution in [0.2, 0.25) is 0 Å². The number of azide groups is 1. The topological polar surface area (TPSA) is 95.3 Å². The van der Waals surface area contributed by atoms with Crippen LogP contribution in [0.3, 0.4) is 0 Å². The Labute approximate surface area is 98.5 Å². The molecule has 1 aromatic carbocycles. The van der Waals surface area contributed by atoms with Crippen LogP contribution in [-0.4, -0.2) is 16.7 Å². The standard InChI is InChI=1S/C11H13N3O3/c1-11(2,3)17-10(16)7-4-5-8(13-14-12)9(15)6-7/h4-6,15H,1-3H3. The third kappa shape index (κ3) is 3.70. The number of hydrogen-bond donors (Lipinski definition) is 1. The fourth-order valence-electron chi connectivity index (χ4n) is 1.12. The van der Waals surface area contributed by atoms with Gasteiger partial charge < -0.3 is 9.84 Å². The second kappa shape index (κ2) is 4.76. The van der Waals surface area contributed by atoms with Crippen molar-refractivity contribution in [3.8, 4) is 5.75 Å². The molecule has 6 nitrogen and oxygen atoms in total. The van der Waals surface area contributed by atoms with Crippen LogP contribution in [0.4, 0.5) is 5.69 Å². The molecule has 6 heteroatoms. The smallest absolute Gasteiger partial charge is 0.338 e. The number of benzene rings is 1. The van der Waals surface area contributed by atoms with Crippen LogP contribution in [0.1, 0.15) is 31.1 Å². The third-order valence-electron chi connectivity index (χ3n) is 1.76. The van der Waals surface area contributed by atoms with Crippen LogP contribution < -0.4 is 0 Å². The Hall–Kier alpha value is -2.20. The third-order valence-corrected chi connectivity index (χ3v) is 1.76. The van der Waals surface area contributed by atoms with Gasteiger partial charge in [0.2, 0.25) is 0 Å². The molecule has 0 aromatic heterocycles. The van der Waals surface area contributed by atoms with Crippen molar-refractivity contribution in [2.24, 2.45) is 5.11 Å². The maximum Gasteiger partial charge on any atom is 0.338 e. The van der Waals surface area contributed by atoms with E-state index in [9.17, 15) is 9.90 Å². The maximum absolute atomic E-state index is 11.6. The molecule has 1 N–H and O–H groups in total. The number of rotatable bonds is 2. The van der Waals surface area contributed by atoms with Gasteiger partial charge in [-0.3, -0.25) is 0 Å². The Morgan fingerprint density at radius 1 is 1.47 bits per heavy atom. The van der Waals surface area contributed by atoms with Crippen molar-refractivity contribution in [2.45, 2.75) is 26.4 Å². The van der Waals surface area contributed by atoms with Gasteiger partial charge in [-0.2, -0.15) is 0 Å². The molecule has 0 aliphatic carbocycles. The van der Waals surface area contributed by atoms with Crippen molar-refractivity contribution in [1.82, 2.24) is 0 Å². The molecule has 90 valence electrons. The zero-order chi connectivity index (χ0) is 13.1. The van der Waals surface area contributed by atoms with Gasteiger partial charge in [-0.15, -0.1) is 0 Å². The molecule has 0 bridgehead atoms. The zero-order valence-corrected chi connectivity index (χ0v) is 9.84. The molecule has 0 saturated carbocycles. The lowest BCUT2D eigenvalue weighted by Crippen LogP contribution is -2.23. The van der Waals surface area contributed by atoms with E-state index in [1.165, 1.54) is 18.2 Å². The van der Waals surface area contributed by atoms with Crippen molar-refractivity contribution in [3.63, 3.8) is 0 Å². The molecule has 0 amide bonds. The van der Waals surface area contributed by atoms with Gasteiger partial charge in [0.1, 0.15) is 11.4 Å². The van der Waals surface area contributed by atoms with E-state index in [2.05, 4.69) is 10.0 Å². The highest BCUT2D eigenvalue weighted by molar-refractivity contribution is 5.90. The number of aromatic hydroxyl groups is 1. The Morgan fingerprint density at radius 3 is 2.59 bits per heavy atom. The molecule has 0 aliphatic heterocycles. The van der Waals surface area contributed by atoms with E-state index in [1.807, 2.05) is 0 Å². The van der Waals surface area contributed by atoms with Gasteiger partial charge in [-0.25, -0.2) is 4.79 Å². The monoisotopic (exact) mass is 235 g/mol. The summed E-state index contributed by atoms with van der Waals surface area (Å²) < 4.78 is 5.13. The lowest BCUT2D eigenvalue weighted by molar-refractivity contribution is 0.00692. The molecule has 0 fully saturated rings. The van der Waals surface area contributed by atoms with Crippen LogP contribution >= 0.6 is 0 Å². The highest BCUT2D eigenvalue weighted by Crippen LogP contribution is 2.28. The predicted molar refractivity (Wildman–Crippen MR) is 62.1 cm³/mol. The largest absolute Gasteiger partial charge is 0.507 e. The number of carbonyl (C=O) groups excluding carboxylic acids is 1. The summed E-state index contributed by atoms with van der Waals surface area (Å²) in [6.07, 6.45) is 0. The van der Waals surface area contributed by atoms with Gasteiger partial charge in [0.05, 0.1) is 11.3 Å². The van der Waals surface area contributed by atoms with Crippen molar-refractivity contribution in [3.05, 3.63) is 34.2 Å². The van der Waals surface area contributed by atoms with Gasteiger partial charge in [0, 0.05) is 4.91 Å². The zero-order valence-electron chi connectivity index (χ0n) is 9.84. The Balaban J connectivity index is 2.98. The normalized spacial score (nSPS) is 10.5. The van der Waals surface area contributed by atoms with Crippen LogP contribution in [0.5, 0.6) is 5.75 Å². The molecule has 1 aromatic rings. The van der Waals surface area contributed by atoms with Crippen molar-refractivity contribution >= 4 is 11.7 Å². The number of hydrogen-bond acceptors (Lipinski definition) is 4. The number of ether oxygens (including phenoxy) is 1. The maximum atomic E-state index is 11.6. The van der Waals surface area contributed by atoms with E-state index in [1.54, 1.807) is 20.8 Å². The van der Waals surface area contributed by atoms with Crippen LogP contribution in [0.25, 0.3) is 10.4 Å². The van der Waals surface area contributed by atoms with Crippen molar-refractivity contribution < 1.29 is 14.6 Å². The van der Waals surface area contributed by atoms with E-state index in [0.29, 0.717) is 0 Å². The molecule has 0 unspecified atom stereocenters. The second-order valence-corrected chi connectivity index (χ2v) is 4.39. The second-order valence-electron chi connectivity index (χ2n) is 4.39. The fourth-order valence-corrected chi connectivity index (χ4v) is 1.12. The van der Waals surface area contributed by atoms with Crippen molar-refractivity contribution in [2.75, 3.05) is 0 Å². The van der Waals surface area contributed by atoms with E-state index >= 15 is 0 Å². The fraction of sp³-hybridized carbons (Fsp3) is 0.364. The van der Waals surface area contributed by atoms with E-state index in [-0.39, 0.29) is 17.0 Å². The van der Waals surface area contributed by atoms with Gasteiger partial charge in [0.15, 0.2) is 0 Å². The summed E-state index contributed by atoms with van der Waals surface area (Å²) in [6, 6.07) is 3.99. The highest BCUT2D eigenvalue weighted by atomic mass is 16.6. The van der Waals surface area contributed by atoms with Gasteiger partial charge in [-0.05, 0) is 44.5 Å². The minimum atomic E-state index is -0.601. The minimum absolute atomic E-state index is 0.0693. The van der Waals surface area contributed by atoms with Crippen LogP contribution in [-0.2, 0) is 4.74 Å². The molecule has 0 heterocycles. The molecule has 0 spiro atoms. The predicted octanol–water partition coefficient (Wildman–Crippen LogP) is 3.29. The average Bonchev–Trinajstić information content (AvgIpc) is 2.18. The first-order valence-electron chi connectivity index (χ1n) is 4.95. The molecule has 0 saturated heterocycles. The van der Waals surface area contributed by atoms with Gasteiger partial charge in [0.25, 0.3) is 0 Å². The lowest BCUT2D eigenvalue weighted by Gasteiger charge is -2.19. The summed E-state index contributed by atoms with van der Waals surface area (Å²) in [5.41, 5.74) is 7.90. The Morgan fingerprint density at radius 2 is 2.12 bits per heavy atom. The van der Waals surface area contributed by atoms with Crippen molar-refractivity contribution in [1.29, 1.82) is 0 Å². The summed E-state index contributed by atoms with van der Waals surface area (Å²) in [4.78, 5) is 14.2. The first-order chi connectivity index (χ1) is 7.83. The van der Waals surface area contributed by atoms with E-state index in [4.69, 9.17) is 10.3 Å². The first-order valence-corrected chi connectivity index (χ1v) is 4.95. The number of carbonyl (C=O) groups is 1. The summed E-state index contributed by atoms with van der Waals surface area (Å²) in [5, 5.41) is 12.8. The number of phenolic OH excluding ortho intramolecular Hbond substituents is 1. The van der Waals surface area contributed by atoms with Gasteiger partial charge >= 0.3 is 5.97 Å². The average molecular weight is 235 g/mol. The van der Waals surface area contributed by atoms with Crippen LogP contribution in [0.15, 0.2) is 23.3 Å². The van der Waals surface area contributed by atoms with Crippen LogP contribution in [0, 0.1) is 0 Å². The summed E-state index contributed by atoms with van der Waals surface area (Å²) in [5.74, 6) is -0.800. The highest BCUT2D eigenvalue weighted by Gasteiger charge is 2.18. The van der Waals surface area contributed by atoms with E-state index < -0.39 is 11.6 Å². The number of phenols is 1. The molecule has 0 radical (unpaired) electrons. The lowest BCUT2D eigenvalue weighted by atomic mass is 10.1. The molecule has 0 aliphatic rings.